The zero-order chi connectivity index (χ0) is 11.5. The number of nitrogens with zero attached hydrogens (tertiary/aromatic N) is 2. The first-order valence-corrected chi connectivity index (χ1v) is 7.30. The highest BCUT2D eigenvalue weighted by Gasteiger charge is 2.23. The smallest absolute Gasteiger partial charge is 0.240 e. The molecule has 94 valence electrons. The van der Waals surface area contributed by atoms with E-state index in [2.05, 4.69) is 15.5 Å². The number of aromatic nitrogens is 2. The van der Waals surface area contributed by atoms with Crippen molar-refractivity contribution in [1.29, 1.82) is 0 Å². The second-order valence-corrected chi connectivity index (χ2v) is 5.70. The summed E-state index contributed by atoms with van der Waals surface area (Å²) >= 11 is 1.87. The highest BCUT2D eigenvalue weighted by Crippen LogP contribution is 2.27. The number of hydrogen-bond acceptors (Lipinski definition) is 6. The molecule has 6 heteroatoms. The standard InChI is InChI=1S/C11H17N3O2S/c1-2-8(1)5-12-6-10-13-11(14-16-10)9-7-17-4-3-15-9/h8-9,12H,1-7H2. The second-order valence-electron chi connectivity index (χ2n) is 4.55. The molecule has 1 saturated heterocycles. The molecule has 0 spiro atoms. The van der Waals surface area contributed by atoms with Gasteiger partial charge in [0.15, 0.2) is 0 Å². The number of rotatable bonds is 5. The molecular formula is C11H17N3O2S. The fourth-order valence-electron chi connectivity index (χ4n) is 1.81. The number of hydrogen-bond donors (Lipinski definition) is 1. The third kappa shape index (κ3) is 3.20. The van der Waals surface area contributed by atoms with Gasteiger partial charge in [-0.05, 0) is 25.3 Å². The number of nitrogens with one attached hydrogen (secondary N) is 1. The fraction of sp³-hybridized carbons (Fsp3) is 0.818. The van der Waals surface area contributed by atoms with Crippen molar-refractivity contribution in [2.75, 3.05) is 24.7 Å². The fourth-order valence-corrected chi connectivity index (χ4v) is 2.65. The van der Waals surface area contributed by atoms with Crippen molar-refractivity contribution in [2.45, 2.75) is 25.5 Å². The molecule has 1 unspecified atom stereocenters. The molecule has 2 aliphatic rings. The lowest BCUT2D eigenvalue weighted by molar-refractivity contribution is 0.0677. The lowest BCUT2D eigenvalue weighted by Crippen LogP contribution is -2.18. The maximum Gasteiger partial charge on any atom is 0.240 e. The lowest BCUT2D eigenvalue weighted by Gasteiger charge is -2.18. The Hall–Kier alpha value is -0.590. The third-order valence-electron chi connectivity index (χ3n) is 2.99. The van der Waals surface area contributed by atoms with Gasteiger partial charge in [-0.3, -0.25) is 0 Å². The van der Waals surface area contributed by atoms with E-state index in [0.717, 1.165) is 30.6 Å². The Balaban J connectivity index is 1.49. The summed E-state index contributed by atoms with van der Waals surface area (Å²) in [7, 11) is 0. The van der Waals surface area contributed by atoms with Crippen LogP contribution in [0.5, 0.6) is 0 Å². The summed E-state index contributed by atoms with van der Waals surface area (Å²) in [6.07, 6.45) is 2.72. The highest BCUT2D eigenvalue weighted by atomic mass is 32.2. The quantitative estimate of drug-likeness (QED) is 0.857. The van der Waals surface area contributed by atoms with Crippen molar-refractivity contribution >= 4 is 11.8 Å². The third-order valence-corrected chi connectivity index (χ3v) is 3.99. The number of thioether (sulfide) groups is 1. The van der Waals surface area contributed by atoms with Crippen LogP contribution in [0.3, 0.4) is 0 Å². The maximum atomic E-state index is 5.60. The molecule has 17 heavy (non-hydrogen) atoms. The van der Waals surface area contributed by atoms with Crippen molar-refractivity contribution in [3.05, 3.63) is 11.7 Å². The summed E-state index contributed by atoms with van der Waals surface area (Å²) in [4.78, 5) is 4.37. The summed E-state index contributed by atoms with van der Waals surface area (Å²) in [5.74, 6) is 4.22. The van der Waals surface area contributed by atoms with Gasteiger partial charge in [0.25, 0.3) is 0 Å². The van der Waals surface area contributed by atoms with Crippen molar-refractivity contribution in [2.24, 2.45) is 5.92 Å². The normalized spacial score (nSPS) is 25.1. The van der Waals surface area contributed by atoms with E-state index in [-0.39, 0.29) is 6.10 Å². The van der Waals surface area contributed by atoms with Crippen LogP contribution in [0.15, 0.2) is 4.52 Å². The molecule has 0 bridgehead atoms. The molecule has 5 nitrogen and oxygen atoms in total. The van der Waals surface area contributed by atoms with Gasteiger partial charge in [0.05, 0.1) is 13.2 Å². The van der Waals surface area contributed by atoms with Gasteiger partial charge in [0.1, 0.15) is 6.10 Å². The van der Waals surface area contributed by atoms with Gasteiger partial charge in [-0.1, -0.05) is 5.16 Å². The van der Waals surface area contributed by atoms with Crippen LogP contribution in [-0.4, -0.2) is 34.8 Å². The van der Waals surface area contributed by atoms with Crippen LogP contribution in [0, 0.1) is 5.92 Å². The van der Waals surface area contributed by atoms with E-state index in [9.17, 15) is 0 Å². The molecule has 1 aromatic heterocycles. The maximum absolute atomic E-state index is 5.60. The van der Waals surface area contributed by atoms with Gasteiger partial charge in [0.2, 0.25) is 11.7 Å². The zero-order valence-electron chi connectivity index (χ0n) is 9.72. The van der Waals surface area contributed by atoms with Crippen LogP contribution in [0.4, 0.5) is 0 Å². The first-order chi connectivity index (χ1) is 8.42. The molecule has 1 aliphatic carbocycles. The minimum atomic E-state index is 0.00896. The minimum absolute atomic E-state index is 0.00896. The minimum Gasteiger partial charge on any atom is -0.368 e. The Morgan fingerprint density at radius 1 is 1.41 bits per heavy atom. The van der Waals surface area contributed by atoms with Gasteiger partial charge in [-0.25, -0.2) is 0 Å². The first kappa shape index (κ1) is 11.5. The van der Waals surface area contributed by atoms with Crippen molar-refractivity contribution in [1.82, 2.24) is 15.5 Å². The molecule has 2 heterocycles. The van der Waals surface area contributed by atoms with Gasteiger partial charge in [-0.2, -0.15) is 16.7 Å². The van der Waals surface area contributed by atoms with Crippen LogP contribution in [0.2, 0.25) is 0 Å². The van der Waals surface area contributed by atoms with Gasteiger partial charge < -0.3 is 14.6 Å². The topological polar surface area (TPSA) is 60.2 Å². The Kier molecular flexibility index (Phi) is 3.63. The van der Waals surface area contributed by atoms with E-state index >= 15 is 0 Å². The van der Waals surface area contributed by atoms with Crippen LogP contribution >= 0.6 is 11.8 Å². The van der Waals surface area contributed by atoms with Gasteiger partial charge in [0, 0.05) is 11.5 Å². The van der Waals surface area contributed by atoms with E-state index in [0.29, 0.717) is 18.3 Å². The Labute approximate surface area is 105 Å². The molecule has 1 N–H and O–H groups in total. The predicted molar refractivity (Wildman–Crippen MR) is 64.7 cm³/mol. The molecule has 1 aliphatic heterocycles. The molecule has 0 radical (unpaired) electrons. The van der Waals surface area contributed by atoms with E-state index in [1.165, 1.54) is 12.8 Å². The largest absolute Gasteiger partial charge is 0.368 e. The Bertz CT molecular complexity index is 361. The highest BCUT2D eigenvalue weighted by molar-refractivity contribution is 7.99. The molecule has 0 amide bonds. The summed E-state index contributed by atoms with van der Waals surface area (Å²) in [5, 5.41) is 7.33. The van der Waals surface area contributed by atoms with Crippen LogP contribution in [0.1, 0.15) is 30.7 Å². The van der Waals surface area contributed by atoms with Crippen molar-refractivity contribution in [3.63, 3.8) is 0 Å². The first-order valence-electron chi connectivity index (χ1n) is 6.14. The Morgan fingerprint density at radius 2 is 2.35 bits per heavy atom. The van der Waals surface area contributed by atoms with Crippen LogP contribution in [-0.2, 0) is 11.3 Å². The zero-order valence-corrected chi connectivity index (χ0v) is 10.5. The summed E-state index contributed by atoms with van der Waals surface area (Å²) in [5.41, 5.74) is 0. The van der Waals surface area contributed by atoms with E-state index in [1.54, 1.807) is 0 Å². The monoisotopic (exact) mass is 255 g/mol. The molecule has 2 fully saturated rings. The van der Waals surface area contributed by atoms with E-state index in [1.807, 2.05) is 11.8 Å². The van der Waals surface area contributed by atoms with E-state index in [4.69, 9.17) is 9.26 Å². The Morgan fingerprint density at radius 3 is 3.12 bits per heavy atom. The van der Waals surface area contributed by atoms with Crippen LogP contribution < -0.4 is 5.32 Å². The molecule has 1 atom stereocenters. The summed E-state index contributed by atoms with van der Waals surface area (Å²) in [6, 6.07) is 0. The molecule has 1 saturated carbocycles. The molecular weight excluding hydrogens is 238 g/mol. The molecule has 0 aromatic carbocycles. The molecule has 1 aromatic rings. The average Bonchev–Trinajstić information content (AvgIpc) is 3.07. The van der Waals surface area contributed by atoms with Crippen molar-refractivity contribution in [3.8, 4) is 0 Å². The lowest BCUT2D eigenvalue weighted by atomic mass is 10.4. The van der Waals surface area contributed by atoms with Gasteiger partial charge in [-0.15, -0.1) is 0 Å². The number of ether oxygens (including phenoxy) is 1. The summed E-state index contributed by atoms with van der Waals surface area (Å²) in [6.45, 7) is 2.51. The second kappa shape index (κ2) is 5.37. The predicted octanol–water partition coefficient (Wildman–Crippen LogP) is 1.37. The molecule has 3 rings (SSSR count). The van der Waals surface area contributed by atoms with Gasteiger partial charge >= 0.3 is 0 Å². The van der Waals surface area contributed by atoms with Crippen LogP contribution in [0.25, 0.3) is 0 Å². The average molecular weight is 255 g/mol. The van der Waals surface area contributed by atoms with Crippen molar-refractivity contribution < 1.29 is 9.26 Å². The SMILES string of the molecule is C1CSCC(c2noc(CNCC3CC3)n2)O1. The summed E-state index contributed by atoms with van der Waals surface area (Å²) < 4.78 is 10.8. The van der Waals surface area contributed by atoms with E-state index < -0.39 is 0 Å².